The van der Waals surface area contributed by atoms with Crippen LogP contribution in [0, 0.1) is 19.7 Å². The number of ether oxygens (including phenoxy) is 1. The molecule has 0 atom stereocenters. The molecule has 0 radical (unpaired) electrons. The Hall–Kier alpha value is -5.05. The minimum absolute atomic E-state index is 0.151. The zero-order valence-corrected chi connectivity index (χ0v) is 24.8. The number of carbonyl (C=O) groups excluding carboxylic acids is 1. The first-order chi connectivity index (χ1) is 21.4. The molecule has 1 amide bonds. The van der Waals surface area contributed by atoms with Gasteiger partial charge in [0.25, 0.3) is 11.5 Å². The summed E-state index contributed by atoms with van der Waals surface area (Å²) >= 11 is 0. The average molecular weight is 592 g/mol. The van der Waals surface area contributed by atoms with Crippen molar-refractivity contribution in [2.24, 2.45) is 5.10 Å². The second-order valence-corrected chi connectivity index (χ2v) is 11.2. The third-order valence-electron chi connectivity index (χ3n) is 8.10. The predicted molar refractivity (Wildman–Crippen MR) is 171 cm³/mol. The van der Waals surface area contributed by atoms with Crippen molar-refractivity contribution in [1.82, 2.24) is 14.2 Å². The van der Waals surface area contributed by atoms with Crippen LogP contribution in [0.25, 0.3) is 16.6 Å². The fraction of sp³-hybridized carbons (Fsp3) is 0.257. The molecule has 1 aliphatic carbocycles. The number of carbonyl (C=O) groups is 1. The molecule has 9 heteroatoms. The van der Waals surface area contributed by atoms with E-state index in [1.165, 1.54) is 29.3 Å². The van der Waals surface area contributed by atoms with Crippen LogP contribution in [0.1, 0.15) is 60.8 Å². The van der Waals surface area contributed by atoms with Crippen LogP contribution in [0.5, 0.6) is 5.75 Å². The predicted octanol–water partition coefficient (Wildman–Crippen LogP) is 6.89. The molecule has 5 aromatic rings. The third-order valence-corrected chi connectivity index (χ3v) is 8.10. The maximum Gasteiger partial charge on any atom is 0.282 e. The number of anilines is 1. The minimum Gasteiger partial charge on any atom is -0.484 e. The molecule has 1 aliphatic rings. The maximum atomic E-state index is 13.6. The number of benzene rings is 3. The standard InChI is InChI=1S/C35H34FN5O3/c1-23-19-26(21-37-41-34(25-9-4-3-5-10-25)39-32-14-7-6-13-31(32)35(41)43)24(2)40(23)29-15-17-30(18-16-29)44-22-33(42)38-28-12-8-11-27(36)20-28/h6-8,11-21,25H,3-5,9-10,22H2,1-2H3,(H,38,42). The molecule has 1 saturated carbocycles. The van der Waals surface area contributed by atoms with Gasteiger partial charge < -0.3 is 14.6 Å². The van der Waals surface area contributed by atoms with Gasteiger partial charge >= 0.3 is 0 Å². The minimum atomic E-state index is -0.423. The number of amides is 1. The summed E-state index contributed by atoms with van der Waals surface area (Å²) in [4.78, 5) is 30.7. The lowest BCUT2D eigenvalue weighted by molar-refractivity contribution is -0.118. The van der Waals surface area contributed by atoms with E-state index >= 15 is 0 Å². The highest BCUT2D eigenvalue weighted by Crippen LogP contribution is 2.32. The summed E-state index contributed by atoms with van der Waals surface area (Å²) in [6.45, 7) is 3.82. The van der Waals surface area contributed by atoms with Crippen LogP contribution in [0.4, 0.5) is 10.1 Å². The first-order valence-corrected chi connectivity index (χ1v) is 14.9. The molecule has 2 aromatic heterocycles. The van der Waals surface area contributed by atoms with Crippen molar-refractivity contribution >= 4 is 28.7 Å². The number of rotatable bonds is 8. The van der Waals surface area contributed by atoms with E-state index in [0.717, 1.165) is 54.1 Å². The lowest BCUT2D eigenvalue weighted by Crippen LogP contribution is -2.25. The van der Waals surface area contributed by atoms with Gasteiger partial charge in [-0.2, -0.15) is 9.78 Å². The van der Waals surface area contributed by atoms with Gasteiger partial charge in [-0.15, -0.1) is 0 Å². The summed E-state index contributed by atoms with van der Waals surface area (Å²) in [5.74, 6) is 0.671. The van der Waals surface area contributed by atoms with Crippen LogP contribution < -0.4 is 15.6 Å². The molecule has 0 spiro atoms. The lowest BCUT2D eigenvalue weighted by Gasteiger charge is -2.22. The topological polar surface area (TPSA) is 90.5 Å². The fourth-order valence-corrected chi connectivity index (χ4v) is 5.92. The molecule has 0 saturated heterocycles. The number of aryl methyl sites for hydroxylation is 1. The summed E-state index contributed by atoms with van der Waals surface area (Å²) in [5.41, 5.74) is 4.72. The quantitative estimate of drug-likeness (QED) is 0.199. The summed E-state index contributed by atoms with van der Waals surface area (Å²) in [6.07, 6.45) is 7.23. The van der Waals surface area contributed by atoms with E-state index in [0.29, 0.717) is 22.3 Å². The Bertz CT molecular complexity index is 1900. The van der Waals surface area contributed by atoms with Gasteiger partial charge in [-0.25, -0.2) is 9.37 Å². The Balaban J connectivity index is 1.21. The van der Waals surface area contributed by atoms with Crippen molar-refractivity contribution in [2.75, 3.05) is 11.9 Å². The number of halogens is 1. The highest BCUT2D eigenvalue weighted by Gasteiger charge is 2.22. The van der Waals surface area contributed by atoms with Crippen molar-refractivity contribution in [1.29, 1.82) is 0 Å². The van der Waals surface area contributed by atoms with Crippen molar-refractivity contribution in [2.45, 2.75) is 51.9 Å². The van der Waals surface area contributed by atoms with Crippen molar-refractivity contribution in [3.8, 4) is 11.4 Å². The Labute approximate surface area is 254 Å². The number of aromatic nitrogens is 3. The smallest absolute Gasteiger partial charge is 0.282 e. The second kappa shape index (κ2) is 12.7. The SMILES string of the molecule is Cc1cc(C=Nn2c(C3CCCCC3)nc3ccccc3c2=O)c(C)n1-c1ccc(OCC(=O)Nc2cccc(F)c2)cc1. The van der Waals surface area contributed by atoms with Crippen molar-refractivity contribution < 1.29 is 13.9 Å². The Kier molecular flexibility index (Phi) is 8.36. The zero-order chi connectivity index (χ0) is 30.6. The zero-order valence-electron chi connectivity index (χ0n) is 24.8. The van der Waals surface area contributed by atoms with Crippen molar-refractivity contribution in [3.05, 3.63) is 118 Å². The summed E-state index contributed by atoms with van der Waals surface area (Å²) in [6, 6.07) is 22.6. The van der Waals surface area contributed by atoms with E-state index < -0.39 is 5.82 Å². The van der Waals surface area contributed by atoms with Gasteiger partial charge in [0.2, 0.25) is 0 Å². The number of hydrogen-bond donors (Lipinski definition) is 1. The van der Waals surface area contributed by atoms with Crippen molar-refractivity contribution in [3.63, 3.8) is 0 Å². The summed E-state index contributed by atoms with van der Waals surface area (Å²) < 4.78 is 22.6. The molecule has 0 unspecified atom stereocenters. The van der Waals surface area contributed by atoms with E-state index in [2.05, 4.69) is 9.88 Å². The largest absolute Gasteiger partial charge is 0.484 e. The maximum absolute atomic E-state index is 13.6. The normalized spacial score (nSPS) is 13.9. The van der Waals surface area contributed by atoms with Gasteiger partial charge in [0.1, 0.15) is 17.4 Å². The molecule has 8 nitrogen and oxygen atoms in total. The van der Waals surface area contributed by atoms with Gasteiger partial charge in [0.15, 0.2) is 6.61 Å². The van der Waals surface area contributed by atoms with E-state index in [1.54, 1.807) is 30.5 Å². The second-order valence-electron chi connectivity index (χ2n) is 11.2. The number of nitrogens with one attached hydrogen (secondary N) is 1. The number of para-hydroxylation sites is 1. The van der Waals surface area contributed by atoms with E-state index in [1.807, 2.05) is 50.2 Å². The van der Waals surface area contributed by atoms with Crippen LogP contribution in [-0.2, 0) is 4.79 Å². The molecule has 224 valence electrons. The number of hydrogen-bond acceptors (Lipinski definition) is 5. The van der Waals surface area contributed by atoms with E-state index in [9.17, 15) is 14.0 Å². The van der Waals surface area contributed by atoms with Crippen LogP contribution in [-0.4, -0.2) is 33.0 Å². The highest BCUT2D eigenvalue weighted by molar-refractivity contribution is 5.91. The molecule has 3 aromatic carbocycles. The molecule has 0 aliphatic heterocycles. The van der Waals surface area contributed by atoms with Gasteiger partial charge in [0, 0.05) is 34.2 Å². The van der Waals surface area contributed by atoms with Crippen LogP contribution in [0.15, 0.2) is 88.8 Å². The van der Waals surface area contributed by atoms with E-state index in [4.69, 9.17) is 14.8 Å². The molecule has 1 N–H and O–H groups in total. The number of nitrogens with zero attached hydrogens (tertiary/aromatic N) is 4. The molecular weight excluding hydrogens is 557 g/mol. The highest BCUT2D eigenvalue weighted by atomic mass is 19.1. The first-order valence-electron chi connectivity index (χ1n) is 14.9. The monoisotopic (exact) mass is 591 g/mol. The van der Waals surface area contributed by atoms with Gasteiger partial charge in [-0.05, 0) is 87.4 Å². The molecular formula is C35H34FN5O3. The molecule has 1 fully saturated rings. The average Bonchev–Trinajstić information content (AvgIpc) is 3.32. The molecule has 0 bridgehead atoms. The third kappa shape index (κ3) is 6.17. The fourth-order valence-electron chi connectivity index (χ4n) is 5.92. The number of fused-ring (bicyclic) bond motifs is 1. The molecule has 44 heavy (non-hydrogen) atoms. The van der Waals surface area contributed by atoms with Crippen LogP contribution >= 0.6 is 0 Å². The Morgan fingerprint density at radius 1 is 1.02 bits per heavy atom. The first kappa shape index (κ1) is 29.0. The molecule has 2 heterocycles. The van der Waals surface area contributed by atoms with Gasteiger partial charge in [0.05, 0.1) is 17.1 Å². The van der Waals surface area contributed by atoms with E-state index in [-0.39, 0.29) is 24.0 Å². The van der Waals surface area contributed by atoms with Crippen LogP contribution in [0.3, 0.4) is 0 Å². The Morgan fingerprint density at radius 2 is 1.80 bits per heavy atom. The summed E-state index contributed by atoms with van der Waals surface area (Å²) in [5, 5.41) is 7.90. The summed E-state index contributed by atoms with van der Waals surface area (Å²) in [7, 11) is 0. The lowest BCUT2D eigenvalue weighted by atomic mass is 9.88. The Morgan fingerprint density at radius 3 is 2.57 bits per heavy atom. The van der Waals surface area contributed by atoms with Crippen LogP contribution in [0.2, 0.25) is 0 Å². The molecule has 6 rings (SSSR count). The van der Waals surface area contributed by atoms with Gasteiger partial charge in [-0.3, -0.25) is 9.59 Å². The van der Waals surface area contributed by atoms with Gasteiger partial charge in [-0.1, -0.05) is 37.5 Å².